The van der Waals surface area contributed by atoms with E-state index in [1.165, 1.54) is 13.4 Å². The van der Waals surface area contributed by atoms with Gasteiger partial charge < -0.3 is 26.1 Å². The number of nitrogens with two attached hydrogens (primary N) is 1. The van der Waals surface area contributed by atoms with E-state index in [9.17, 15) is 4.79 Å². The van der Waals surface area contributed by atoms with Gasteiger partial charge in [0, 0.05) is 31.9 Å². The maximum atomic E-state index is 11.5. The van der Waals surface area contributed by atoms with E-state index >= 15 is 0 Å². The molecule has 3 rings (SSSR count). The monoisotopic (exact) mass is 357 g/mol. The predicted molar refractivity (Wildman–Crippen MR) is 100 cm³/mol. The van der Waals surface area contributed by atoms with Gasteiger partial charge in [0.05, 0.1) is 12.7 Å². The third-order valence-electron chi connectivity index (χ3n) is 4.22. The van der Waals surface area contributed by atoms with Crippen LogP contribution in [0.3, 0.4) is 0 Å². The number of nitrogen functional groups attached to an aromatic ring is 1. The van der Waals surface area contributed by atoms with Crippen molar-refractivity contribution in [1.82, 2.24) is 19.9 Å². The topological polar surface area (TPSA) is 109 Å². The third kappa shape index (κ3) is 4.19. The van der Waals surface area contributed by atoms with Crippen LogP contribution in [0.5, 0.6) is 0 Å². The molecule has 1 fully saturated rings. The molecule has 138 valence electrons. The van der Waals surface area contributed by atoms with Gasteiger partial charge >= 0.3 is 5.97 Å². The van der Waals surface area contributed by atoms with Crippen molar-refractivity contribution >= 4 is 29.0 Å². The second-order valence-electron chi connectivity index (χ2n) is 6.08. The standard InChI is InChI=1S/C17H23N7O2/c1-23-7-9-24(10-8-23)22-16-14(18)15(19-11-20-16)21-13-5-3-12(4-6-13)17(25)26-2/h3-6,11H,7-10,18H2,1-2H3,(H2,19,20,21,22). The number of benzene rings is 1. The number of likely N-dealkylation sites (N-methyl/N-ethyl adjacent to an activating group) is 1. The molecule has 0 unspecified atom stereocenters. The number of nitrogens with zero attached hydrogens (tertiary/aromatic N) is 4. The molecule has 9 heteroatoms. The Balaban J connectivity index is 1.69. The lowest BCUT2D eigenvalue weighted by Gasteiger charge is -2.32. The van der Waals surface area contributed by atoms with Crippen molar-refractivity contribution in [2.24, 2.45) is 0 Å². The maximum absolute atomic E-state index is 11.5. The predicted octanol–water partition coefficient (Wildman–Crippen LogP) is 1.16. The van der Waals surface area contributed by atoms with Crippen LogP contribution in [-0.4, -0.2) is 66.2 Å². The number of methoxy groups -OCH3 is 1. The molecule has 0 saturated carbocycles. The van der Waals surface area contributed by atoms with E-state index in [-0.39, 0.29) is 5.97 Å². The van der Waals surface area contributed by atoms with Crippen molar-refractivity contribution in [2.75, 3.05) is 56.8 Å². The first kappa shape index (κ1) is 17.9. The van der Waals surface area contributed by atoms with E-state index < -0.39 is 0 Å². The Morgan fingerprint density at radius 1 is 1.12 bits per heavy atom. The quantitative estimate of drug-likeness (QED) is 0.679. The van der Waals surface area contributed by atoms with Crippen LogP contribution in [0.25, 0.3) is 0 Å². The van der Waals surface area contributed by atoms with Crippen LogP contribution in [0.1, 0.15) is 10.4 Å². The molecule has 0 spiro atoms. The molecule has 26 heavy (non-hydrogen) atoms. The van der Waals surface area contributed by atoms with E-state index in [2.05, 4.69) is 37.7 Å². The Morgan fingerprint density at radius 3 is 2.42 bits per heavy atom. The summed E-state index contributed by atoms with van der Waals surface area (Å²) in [5, 5.41) is 5.24. The Hall–Kier alpha value is -2.91. The Morgan fingerprint density at radius 2 is 1.77 bits per heavy atom. The normalized spacial score (nSPS) is 15.5. The number of hydrogen-bond donors (Lipinski definition) is 3. The molecule has 4 N–H and O–H groups in total. The summed E-state index contributed by atoms with van der Waals surface area (Å²) in [6, 6.07) is 6.88. The molecule has 1 aliphatic rings. The lowest BCUT2D eigenvalue weighted by molar-refractivity contribution is 0.0601. The van der Waals surface area contributed by atoms with E-state index in [1.807, 2.05) is 0 Å². The Bertz CT molecular complexity index is 758. The molecule has 1 saturated heterocycles. The molecular weight excluding hydrogens is 334 g/mol. The first-order valence-corrected chi connectivity index (χ1v) is 8.33. The van der Waals surface area contributed by atoms with Crippen LogP contribution < -0.4 is 16.5 Å². The average Bonchev–Trinajstić information content (AvgIpc) is 2.66. The van der Waals surface area contributed by atoms with Gasteiger partial charge in [-0.1, -0.05) is 0 Å². The van der Waals surface area contributed by atoms with Gasteiger partial charge in [-0.05, 0) is 31.3 Å². The summed E-state index contributed by atoms with van der Waals surface area (Å²) < 4.78 is 4.69. The van der Waals surface area contributed by atoms with Crippen LogP contribution >= 0.6 is 0 Å². The molecule has 1 aromatic carbocycles. The first-order valence-electron chi connectivity index (χ1n) is 8.33. The van der Waals surface area contributed by atoms with Crippen LogP contribution in [0.4, 0.5) is 23.0 Å². The maximum Gasteiger partial charge on any atom is 0.337 e. The summed E-state index contributed by atoms with van der Waals surface area (Å²) in [5.41, 5.74) is 11.1. The number of hydrogen-bond acceptors (Lipinski definition) is 9. The molecule has 0 amide bonds. The number of esters is 1. The molecule has 9 nitrogen and oxygen atoms in total. The molecule has 0 aliphatic carbocycles. The van der Waals surface area contributed by atoms with Gasteiger partial charge in [-0.2, -0.15) is 0 Å². The number of carbonyl (C=O) groups excluding carboxylic acids is 1. The third-order valence-corrected chi connectivity index (χ3v) is 4.22. The minimum atomic E-state index is -0.378. The fraction of sp³-hybridized carbons (Fsp3) is 0.353. The number of hydrazine groups is 1. The number of aromatic nitrogens is 2. The van der Waals surface area contributed by atoms with Crippen molar-refractivity contribution in [1.29, 1.82) is 0 Å². The van der Waals surface area contributed by atoms with Gasteiger partial charge in [0.1, 0.15) is 12.0 Å². The smallest absolute Gasteiger partial charge is 0.337 e. The van der Waals surface area contributed by atoms with Crippen LogP contribution in [0.15, 0.2) is 30.6 Å². The lowest BCUT2D eigenvalue weighted by atomic mass is 10.2. The number of carbonyl (C=O) groups is 1. The minimum Gasteiger partial charge on any atom is -0.465 e. The van der Waals surface area contributed by atoms with Gasteiger partial charge in [-0.3, -0.25) is 0 Å². The zero-order chi connectivity index (χ0) is 18.5. The number of anilines is 4. The number of ether oxygens (including phenoxy) is 1. The second kappa shape index (κ2) is 7.98. The first-order chi connectivity index (χ1) is 12.6. The number of piperazine rings is 1. The second-order valence-corrected chi connectivity index (χ2v) is 6.08. The van der Waals surface area contributed by atoms with Gasteiger partial charge in [-0.15, -0.1) is 0 Å². The highest BCUT2D eigenvalue weighted by Crippen LogP contribution is 2.26. The summed E-state index contributed by atoms with van der Waals surface area (Å²) >= 11 is 0. The van der Waals surface area contributed by atoms with Crippen LogP contribution in [-0.2, 0) is 4.74 Å². The van der Waals surface area contributed by atoms with Gasteiger partial charge in [0.15, 0.2) is 11.6 Å². The summed E-state index contributed by atoms with van der Waals surface area (Å²) in [7, 11) is 3.45. The molecule has 1 aromatic heterocycles. The van der Waals surface area contributed by atoms with Crippen LogP contribution in [0.2, 0.25) is 0 Å². The molecule has 2 heterocycles. The van der Waals surface area contributed by atoms with Crippen molar-refractivity contribution < 1.29 is 9.53 Å². The van der Waals surface area contributed by atoms with Gasteiger partial charge in [0.2, 0.25) is 0 Å². The molecule has 0 bridgehead atoms. The van der Waals surface area contributed by atoms with Crippen molar-refractivity contribution in [3.8, 4) is 0 Å². The van der Waals surface area contributed by atoms with Gasteiger partial charge in [-0.25, -0.2) is 19.8 Å². The molecular formula is C17H23N7O2. The lowest BCUT2D eigenvalue weighted by Crippen LogP contribution is -2.47. The SMILES string of the molecule is COC(=O)c1ccc(Nc2ncnc(NN3CCN(C)CC3)c2N)cc1. The zero-order valence-corrected chi connectivity index (χ0v) is 14.9. The number of nitrogens with one attached hydrogen (secondary N) is 2. The highest BCUT2D eigenvalue weighted by Gasteiger charge is 2.16. The highest BCUT2D eigenvalue weighted by molar-refractivity contribution is 5.90. The minimum absolute atomic E-state index is 0.378. The molecule has 2 aromatic rings. The summed E-state index contributed by atoms with van der Waals surface area (Å²) in [6.07, 6.45) is 1.46. The fourth-order valence-electron chi connectivity index (χ4n) is 2.60. The number of rotatable bonds is 5. The van der Waals surface area contributed by atoms with E-state index in [4.69, 9.17) is 10.5 Å². The highest BCUT2D eigenvalue weighted by atomic mass is 16.5. The molecule has 1 aliphatic heterocycles. The molecule has 0 atom stereocenters. The van der Waals surface area contributed by atoms with Gasteiger partial charge in [0.25, 0.3) is 0 Å². The van der Waals surface area contributed by atoms with E-state index in [0.29, 0.717) is 22.9 Å². The average molecular weight is 357 g/mol. The van der Waals surface area contributed by atoms with E-state index in [1.54, 1.807) is 24.3 Å². The summed E-state index contributed by atoms with van der Waals surface area (Å²) in [5.74, 6) is 0.692. The fourth-order valence-corrected chi connectivity index (χ4v) is 2.60. The van der Waals surface area contributed by atoms with Crippen molar-refractivity contribution in [2.45, 2.75) is 0 Å². The largest absolute Gasteiger partial charge is 0.465 e. The zero-order valence-electron chi connectivity index (χ0n) is 14.9. The Labute approximate surface area is 152 Å². The summed E-state index contributed by atoms with van der Waals surface area (Å²) in [4.78, 5) is 22.2. The van der Waals surface area contributed by atoms with E-state index in [0.717, 1.165) is 31.9 Å². The molecule has 0 radical (unpaired) electrons. The van der Waals surface area contributed by atoms with Crippen LogP contribution in [0, 0.1) is 0 Å². The summed E-state index contributed by atoms with van der Waals surface area (Å²) in [6.45, 7) is 3.74. The van der Waals surface area contributed by atoms with Crippen molar-refractivity contribution in [3.63, 3.8) is 0 Å². The van der Waals surface area contributed by atoms with Crippen molar-refractivity contribution in [3.05, 3.63) is 36.2 Å². The Kier molecular flexibility index (Phi) is 5.49.